The summed E-state index contributed by atoms with van der Waals surface area (Å²) in [7, 11) is 0. The van der Waals surface area contributed by atoms with Crippen LogP contribution in [-0.2, 0) is 4.79 Å². The van der Waals surface area contributed by atoms with Gasteiger partial charge >= 0.3 is 0 Å². The first-order chi connectivity index (χ1) is 12.3. The van der Waals surface area contributed by atoms with E-state index in [9.17, 15) is 23.5 Å². The van der Waals surface area contributed by atoms with Crippen LogP contribution < -0.4 is 16.2 Å². The number of aromatic hydroxyl groups is 1. The second-order valence-electron chi connectivity index (χ2n) is 5.19. The number of carbonyl (C=O) groups excluding carboxylic acids is 2. The standard InChI is InChI=1S/C17H14ClF2N3O3/c1-9(6-16(25)21-14-4-3-11(19)8-13(14)20)22-23-17(26)12-7-10(18)2-5-15(12)24/h2-5,7-8,22,24H,1,6H2,(H,21,25)(H,23,26). The van der Waals surface area contributed by atoms with Crippen LogP contribution in [0.5, 0.6) is 5.75 Å². The highest BCUT2D eigenvalue weighted by Crippen LogP contribution is 2.21. The predicted molar refractivity (Wildman–Crippen MR) is 92.5 cm³/mol. The topological polar surface area (TPSA) is 90.5 Å². The fraction of sp³-hybridized carbons (Fsp3) is 0.0588. The highest BCUT2D eigenvalue weighted by molar-refractivity contribution is 6.31. The average Bonchev–Trinajstić information content (AvgIpc) is 2.57. The van der Waals surface area contributed by atoms with Crippen LogP contribution in [0.25, 0.3) is 0 Å². The second-order valence-corrected chi connectivity index (χ2v) is 5.63. The molecule has 0 aliphatic heterocycles. The fourth-order valence-corrected chi connectivity index (χ4v) is 2.10. The second kappa shape index (κ2) is 8.30. The highest BCUT2D eigenvalue weighted by atomic mass is 35.5. The number of amides is 2. The molecule has 0 fully saturated rings. The summed E-state index contributed by atoms with van der Waals surface area (Å²) in [5.74, 6) is -3.28. The maximum atomic E-state index is 13.5. The van der Waals surface area contributed by atoms with E-state index in [1.807, 2.05) is 0 Å². The van der Waals surface area contributed by atoms with Crippen molar-refractivity contribution in [2.24, 2.45) is 0 Å². The molecule has 0 spiro atoms. The van der Waals surface area contributed by atoms with Crippen molar-refractivity contribution in [3.8, 4) is 5.75 Å². The van der Waals surface area contributed by atoms with E-state index in [1.165, 1.54) is 18.2 Å². The number of hydrogen-bond acceptors (Lipinski definition) is 4. The summed E-state index contributed by atoms with van der Waals surface area (Å²) in [5, 5.41) is 12.1. The van der Waals surface area contributed by atoms with Crippen LogP contribution >= 0.6 is 11.6 Å². The molecule has 0 aliphatic rings. The van der Waals surface area contributed by atoms with Gasteiger partial charge in [0, 0.05) is 16.8 Å². The molecular weight excluding hydrogens is 368 g/mol. The molecule has 26 heavy (non-hydrogen) atoms. The van der Waals surface area contributed by atoms with Crippen molar-refractivity contribution in [1.82, 2.24) is 10.9 Å². The molecule has 0 radical (unpaired) electrons. The summed E-state index contributed by atoms with van der Waals surface area (Å²) >= 11 is 5.76. The molecule has 2 aromatic rings. The van der Waals surface area contributed by atoms with Crippen LogP contribution in [0.3, 0.4) is 0 Å². The molecule has 6 nitrogen and oxygen atoms in total. The number of nitrogens with one attached hydrogen (secondary N) is 3. The van der Waals surface area contributed by atoms with Gasteiger partial charge in [-0.3, -0.25) is 15.0 Å². The molecule has 136 valence electrons. The lowest BCUT2D eigenvalue weighted by Crippen LogP contribution is -2.37. The van der Waals surface area contributed by atoms with Gasteiger partial charge < -0.3 is 15.8 Å². The summed E-state index contributed by atoms with van der Waals surface area (Å²) < 4.78 is 26.3. The monoisotopic (exact) mass is 381 g/mol. The van der Waals surface area contributed by atoms with E-state index >= 15 is 0 Å². The number of hydrogen-bond donors (Lipinski definition) is 4. The Labute approximate surface area is 152 Å². The molecule has 0 saturated heterocycles. The molecule has 0 aromatic heterocycles. The lowest BCUT2D eigenvalue weighted by atomic mass is 10.2. The largest absolute Gasteiger partial charge is 0.507 e. The van der Waals surface area contributed by atoms with Crippen molar-refractivity contribution in [1.29, 1.82) is 0 Å². The van der Waals surface area contributed by atoms with E-state index in [2.05, 4.69) is 22.7 Å². The van der Waals surface area contributed by atoms with E-state index in [0.717, 1.165) is 12.1 Å². The molecule has 2 amide bonds. The zero-order valence-corrected chi connectivity index (χ0v) is 14.0. The Bertz CT molecular complexity index is 874. The molecule has 0 bridgehead atoms. The number of carbonyl (C=O) groups is 2. The van der Waals surface area contributed by atoms with Crippen LogP contribution in [0.1, 0.15) is 16.8 Å². The Balaban J connectivity index is 1.87. The van der Waals surface area contributed by atoms with E-state index in [0.29, 0.717) is 6.07 Å². The number of hydrazine groups is 1. The number of halogens is 3. The van der Waals surface area contributed by atoms with Gasteiger partial charge in [0.2, 0.25) is 5.91 Å². The summed E-state index contributed by atoms with van der Waals surface area (Å²) in [4.78, 5) is 23.8. The van der Waals surface area contributed by atoms with Gasteiger partial charge in [-0.25, -0.2) is 8.78 Å². The lowest BCUT2D eigenvalue weighted by Gasteiger charge is -2.12. The van der Waals surface area contributed by atoms with Crippen molar-refractivity contribution < 1.29 is 23.5 Å². The predicted octanol–water partition coefficient (Wildman–Crippen LogP) is 3.10. The Morgan fingerprint density at radius 2 is 1.85 bits per heavy atom. The SMILES string of the molecule is C=C(CC(=O)Nc1ccc(F)cc1F)NNC(=O)c1cc(Cl)ccc1O. The van der Waals surface area contributed by atoms with Gasteiger partial charge in [-0.1, -0.05) is 18.2 Å². The smallest absolute Gasteiger partial charge is 0.273 e. The van der Waals surface area contributed by atoms with E-state index in [1.54, 1.807) is 0 Å². The van der Waals surface area contributed by atoms with Gasteiger partial charge in [0.05, 0.1) is 17.7 Å². The van der Waals surface area contributed by atoms with Crippen molar-refractivity contribution in [3.05, 3.63) is 70.9 Å². The van der Waals surface area contributed by atoms with Crippen LogP contribution in [0.2, 0.25) is 5.02 Å². The normalized spacial score (nSPS) is 10.1. The minimum absolute atomic E-state index is 0.0735. The highest BCUT2D eigenvalue weighted by Gasteiger charge is 2.13. The molecule has 0 aliphatic carbocycles. The molecule has 0 atom stereocenters. The third-order valence-corrected chi connectivity index (χ3v) is 3.37. The third-order valence-electron chi connectivity index (χ3n) is 3.14. The average molecular weight is 382 g/mol. The number of rotatable bonds is 6. The zero-order chi connectivity index (χ0) is 19.3. The molecular formula is C17H14ClF2N3O3. The van der Waals surface area contributed by atoms with E-state index < -0.39 is 23.4 Å². The van der Waals surface area contributed by atoms with E-state index in [-0.39, 0.29) is 34.1 Å². The Hall–Kier alpha value is -3.13. The van der Waals surface area contributed by atoms with Gasteiger partial charge in [0.15, 0.2) is 0 Å². The van der Waals surface area contributed by atoms with Gasteiger partial charge in [0.25, 0.3) is 5.91 Å². The summed E-state index contributed by atoms with van der Waals surface area (Å²) in [6.45, 7) is 3.55. The third kappa shape index (κ3) is 5.18. The number of benzene rings is 2. The van der Waals surface area contributed by atoms with Crippen LogP contribution in [0, 0.1) is 11.6 Å². The minimum atomic E-state index is -0.915. The van der Waals surface area contributed by atoms with Crippen LogP contribution in [-0.4, -0.2) is 16.9 Å². The Morgan fingerprint density at radius 1 is 1.12 bits per heavy atom. The molecule has 0 saturated carbocycles. The maximum Gasteiger partial charge on any atom is 0.273 e. The fourth-order valence-electron chi connectivity index (χ4n) is 1.93. The van der Waals surface area contributed by atoms with Gasteiger partial charge in [-0.2, -0.15) is 0 Å². The van der Waals surface area contributed by atoms with Crippen molar-refractivity contribution in [2.75, 3.05) is 5.32 Å². The zero-order valence-electron chi connectivity index (χ0n) is 13.3. The molecule has 0 unspecified atom stereocenters. The molecule has 9 heteroatoms. The van der Waals surface area contributed by atoms with Crippen molar-refractivity contribution in [2.45, 2.75) is 6.42 Å². The van der Waals surface area contributed by atoms with Gasteiger partial charge in [-0.05, 0) is 30.3 Å². The minimum Gasteiger partial charge on any atom is -0.507 e. The summed E-state index contributed by atoms with van der Waals surface area (Å²) in [5.41, 5.74) is 4.49. The first kappa shape index (κ1) is 19.2. The summed E-state index contributed by atoms with van der Waals surface area (Å²) in [6, 6.07) is 6.67. The van der Waals surface area contributed by atoms with Gasteiger partial charge in [0.1, 0.15) is 17.4 Å². The Morgan fingerprint density at radius 3 is 2.54 bits per heavy atom. The maximum absolute atomic E-state index is 13.5. The molecule has 4 N–H and O–H groups in total. The van der Waals surface area contributed by atoms with Crippen LogP contribution in [0.15, 0.2) is 48.7 Å². The number of phenolic OH excluding ortho intramolecular Hbond substituents is 1. The first-order valence-corrected chi connectivity index (χ1v) is 7.61. The molecule has 2 aromatic carbocycles. The lowest BCUT2D eigenvalue weighted by molar-refractivity contribution is -0.115. The Kier molecular flexibility index (Phi) is 6.13. The molecule has 0 heterocycles. The van der Waals surface area contributed by atoms with E-state index in [4.69, 9.17) is 11.6 Å². The molecule has 2 rings (SSSR count). The summed E-state index contributed by atoms with van der Waals surface area (Å²) in [6.07, 6.45) is -0.293. The van der Waals surface area contributed by atoms with Crippen molar-refractivity contribution in [3.63, 3.8) is 0 Å². The number of phenols is 1. The number of anilines is 1. The van der Waals surface area contributed by atoms with Gasteiger partial charge in [-0.15, -0.1) is 0 Å². The van der Waals surface area contributed by atoms with Crippen LogP contribution in [0.4, 0.5) is 14.5 Å². The quantitative estimate of drug-likeness (QED) is 0.579. The van der Waals surface area contributed by atoms with Crippen molar-refractivity contribution >= 4 is 29.1 Å². The first-order valence-electron chi connectivity index (χ1n) is 7.24.